The molecule has 0 saturated carbocycles. The highest BCUT2D eigenvalue weighted by Crippen LogP contribution is 2.31. The molecule has 2 aromatic carbocycles. The molecule has 1 unspecified atom stereocenters. The molecule has 1 atom stereocenters. The van der Waals surface area contributed by atoms with Gasteiger partial charge < -0.3 is 10.5 Å². The third-order valence-corrected chi connectivity index (χ3v) is 3.78. The Morgan fingerprint density at radius 1 is 1.15 bits per heavy atom. The highest BCUT2D eigenvalue weighted by molar-refractivity contribution is 9.10. The predicted molar refractivity (Wildman–Crippen MR) is 87.1 cm³/mol. The molecule has 0 heterocycles. The highest BCUT2D eigenvalue weighted by Gasteiger charge is 2.15. The van der Waals surface area contributed by atoms with Gasteiger partial charge in [-0.15, -0.1) is 0 Å². The molecule has 0 spiro atoms. The van der Waals surface area contributed by atoms with Crippen molar-refractivity contribution in [2.75, 3.05) is 6.61 Å². The lowest BCUT2D eigenvalue weighted by Gasteiger charge is -2.19. The molecule has 106 valence electrons. The van der Waals surface area contributed by atoms with Gasteiger partial charge in [0.25, 0.3) is 0 Å². The van der Waals surface area contributed by atoms with Crippen molar-refractivity contribution in [1.29, 1.82) is 0 Å². The summed E-state index contributed by atoms with van der Waals surface area (Å²) in [5.74, 6) is 0.879. The molecule has 0 aliphatic carbocycles. The van der Waals surface area contributed by atoms with Crippen LogP contribution in [0.5, 0.6) is 5.75 Å². The van der Waals surface area contributed by atoms with Crippen LogP contribution in [0.1, 0.15) is 36.1 Å². The van der Waals surface area contributed by atoms with Crippen LogP contribution < -0.4 is 10.5 Å². The van der Waals surface area contributed by atoms with E-state index in [1.807, 2.05) is 30.3 Å². The molecule has 0 amide bonds. The minimum Gasteiger partial charge on any atom is -0.493 e. The molecule has 2 rings (SSSR count). The van der Waals surface area contributed by atoms with E-state index in [2.05, 4.69) is 41.9 Å². The Morgan fingerprint density at radius 3 is 2.60 bits per heavy atom. The molecule has 20 heavy (non-hydrogen) atoms. The molecule has 0 fully saturated rings. The fourth-order valence-electron chi connectivity index (χ4n) is 2.24. The number of ether oxygens (including phenoxy) is 1. The van der Waals surface area contributed by atoms with E-state index in [1.165, 1.54) is 5.56 Å². The van der Waals surface area contributed by atoms with Crippen LogP contribution in [0.15, 0.2) is 46.9 Å². The van der Waals surface area contributed by atoms with Gasteiger partial charge in [0.15, 0.2) is 0 Å². The number of para-hydroxylation sites is 1. The predicted octanol–water partition coefficient (Wildman–Crippen LogP) is 4.59. The fraction of sp³-hybridized carbons (Fsp3) is 0.294. The Bertz CT molecular complexity index is 583. The van der Waals surface area contributed by atoms with Gasteiger partial charge in [-0.25, -0.2) is 0 Å². The average Bonchev–Trinajstić information content (AvgIpc) is 2.45. The van der Waals surface area contributed by atoms with Gasteiger partial charge in [-0.2, -0.15) is 0 Å². The molecule has 2 nitrogen and oxygen atoms in total. The van der Waals surface area contributed by atoms with Crippen molar-refractivity contribution in [2.45, 2.75) is 26.3 Å². The maximum atomic E-state index is 6.44. The summed E-state index contributed by atoms with van der Waals surface area (Å²) in [7, 11) is 0. The maximum absolute atomic E-state index is 6.44. The third-order valence-electron chi connectivity index (χ3n) is 3.28. The Labute approximate surface area is 129 Å². The van der Waals surface area contributed by atoms with Crippen LogP contribution in [0.3, 0.4) is 0 Å². The smallest absolute Gasteiger partial charge is 0.124 e. The second-order valence-corrected chi connectivity index (χ2v) is 5.78. The SMILES string of the molecule is CCCOc1ccccc1C(N)c1ccc(Br)cc1C. The van der Waals surface area contributed by atoms with Crippen LogP contribution in [0.4, 0.5) is 0 Å². The molecule has 0 radical (unpaired) electrons. The minimum absolute atomic E-state index is 0.170. The zero-order valence-electron chi connectivity index (χ0n) is 11.9. The van der Waals surface area contributed by atoms with E-state index >= 15 is 0 Å². The van der Waals surface area contributed by atoms with Gasteiger partial charge in [-0.05, 0) is 42.7 Å². The van der Waals surface area contributed by atoms with Gasteiger partial charge in [0.05, 0.1) is 12.6 Å². The zero-order valence-corrected chi connectivity index (χ0v) is 13.5. The summed E-state index contributed by atoms with van der Waals surface area (Å²) < 4.78 is 6.87. The lowest BCUT2D eigenvalue weighted by atomic mass is 9.95. The molecule has 0 saturated heterocycles. The number of halogens is 1. The molecule has 0 bridgehead atoms. The normalized spacial score (nSPS) is 12.2. The van der Waals surface area contributed by atoms with Gasteiger partial charge in [-0.3, -0.25) is 0 Å². The van der Waals surface area contributed by atoms with E-state index in [9.17, 15) is 0 Å². The average molecular weight is 334 g/mol. The van der Waals surface area contributed by atoms with Gasteiger partial charge in [0.2, 0.25) is 0 Å². The summed E-state index contributed by atoms with van der Waals surface area (Å²) in [6.45, 7) is 4.89. The Hall–Kier alpha value is -1.32. The summed E-state index contributed by atoms with van der Waals surface area (Å²) in [5, 5.41) is 0. The second-order valence-electron chi connectivity index (χ2n) is 4.86. The molecule has 0 aliphatic rings. The summed E-state index contributed by atoms with van der Waals surface area (Å²) in [6.07, 6.45) is 0.987. The second kappa shape index (κ2) is 6.91. The lowest BCUT2D eigenvalue weighted by molar-refractivity contribution is 0.313. The number of hydrogen-bond donors (Lipinski definition) is 1. The quantitative estimate of drug-likeness (QED) is 0.868. The zero-order chi connectivity index (χ0) is 14.5. The van der Waals surface area contributed by atoms with Crippen molar-refractivity contribution in [3.05, 3.63) is 63.6 Å². The van der Waals surface area contributed by atoms with Gasteiger partial charge >= 0.3 is 0 Å². The number of rotatable bonds is 5. The molecule has 0 aromatic heterocycles. The van der Waals surface area contributed by atoms with Crippen molar-refractivity contribution in [3.63, 3.8) is 0 Å². The first-order valence-electron chi connectivity index (χ1n) is 6.86. The van der Waals surface area contributed by atoms with Crippen molar-refractivity contribution >= 4 is 15.9 Å². The summed E-state index contributed by atoms with van der Waals surface area (Å²) in [6, 6.07) is 14.0. The van der Waals surface area contributed by atoms with Crippen molar-refractivity contribution in [2.24, 2.45) is 5.73 Å². The van der Waals surface area contributed by atoms with Crippen LogP contribution in [-0.2, 0) is 0 Å². The Balaban J connectivity index is 2.35. The topological polar surface area (TPSA) is 35.2 Å². The summed E-state index contributed by atoms with van der Waals surface area (Å²) in [5.41, 5.74) is 9.78. The molecular weight excluding hydrogens is 314 g/mol. The van der Waals surface area contributed by atoms with Crippen molar-refractivity contribution < 1.29 is 4.74 Å². The van der Waals surface area contributed by atoms with Crippen molar-refractivity contribution in [3.8, 4) is 5.75 Å². The first-order valence-corrected chi connectivity index (χ1v) is 7.66. The van der Waals surface area contributed by atoms with E-state index < -0.39 is 0 Å². The first kappa shape index (κ1) is 15.1. The largest absolute Gasteiger partial charge is 0.493 e. The van der Waals surface area contributed by atoms with Gasteiger partial charge in [-0.1, -0.05) is 47.1 Å². The Kier molecular flexibility index (Phi) is 5.21. The van der Waals surface area contributed by atoms with Gasteiger partial charge in [0.1, 0.15) is 5.75 Å². The summed E-state index contributed by atoms with van der Waals surface area (Å²) in [4.78, 5) is 0. The van der Waals surface area contributed by atoms with E-state index in [4.69, 9.17) is 10.5 Å². The number of hydrogen-bond acceptors (Lipinski definition) is 2. The molecule has 2 aromatic rings. The number of aryl methyl sites for hydroxylation is 1. The van der Waals surface area contributed by atoms with Crippen molar-refractivity contribution in [1.82, 2.24) is 0 Å². The van der Waals surface area contributed by atoms with Crippen LogP contribution in [-0.4, -0.2) is 6.61 Å². The minimum atomic E-state index is -0.170. The fourth-order valence-corrected chi connectivity index (χ4v) is 2.71. The molecule has 2 N–H and O–H groups in total. The van der Waals surface area contributed by atoms with Gasteiger partial charge in [0, 0.05) is 10.0 Å². The third kappa shape index (κ3) is 3.41. The molecule has 3 heteroatoms. The monoisotopic (exact) mass is 333 g/mol. The van der Waals surface area contributed by atoms with E-state index in [0.29, 0.717) is 6.61 Å². The number of nitrogens with two attached hydrogens (primary N) is 1. The highest BCUT2D eigenvalue weighted by atomic mass is 79.9. The lowest BCUT2D eigenvalue weighted by Crippen LogP contribution is -2.15. The van der Waals surface area contributed by atoms with E-state index in [1.54, 1.807) is 0 Å². The molecular formula is C17H20BrNO. The van der Waals surface area contributed by atoms with Crippen LogP contribution in [0.25, 0.3) is 0 Å². The standard InChI is InChI=1S/C17H20BrNO/c1-3-10-20-16-7-5-4-6-15(16)17(19)14-9-8-13(18)11-12(14)2/h4-9,11,17H,3,10,19H2,1-2H3. The van der Waals surface area contributed by atoms with E-state index in [-0.39, 0.29) is 6.04 Å². The first-order chi connectivity index (χ1) is 9.63. The molecule has 0 aliphatic heterocycles. The van der Waals surface area contributed by atoms with E-state index in [0.717, 1.165) is 27.8 Å². The Morgan fingerprint density at radius 2 is 1.90 bits per heavy atom. The van der Waals surface area contributed by atoms with Crippen LogP contribution in [0, 0.1) is 6.92 Å². The van der Waals surface area contributed by atoms with Crippen LogP contribution >= 0.6 is 15.9 Å². The number of benzene rings is 2. The summed E-state index contributed by atoms with van der Waals surface area (Å²) >= 11 is 3.48. The van der Waals surface area contributed by atoms with Crippen LogP contribution in [0.2, 0.25) is 0 Å². The maximum Gasteiger partial charge on any atom is 0.124 e.